The molecule has 1 atom stereocenters. The van der Waals surface area contributed by atoms with Crippen molar-refractivity contribution in [1.29, 1.82) is 0 Å². The molecule has 0 spiro atoms. The number of primary amides is 1. The molecule has 0 aliphatic carbocycles. The molecule has 0 aliphatic heterocycles. The molecular weight excluding hydrogens is 309 g/mol. The summed E-state index contributed by atoms with van der Waals surface area (Å²) in [5.41, 5.74) is 8.11. The summed E-state index contributed by atoms with van der Waals surface area (Å²) in [5.74, 6) is -1.73. The fourth-order valence-corrected chi connectivity index (χ4v) is 2.42. The third kappa shape index (κ3) is 4.62. The standard InChI is InChI=1S/C18H20FN3O2/c1-11-3-8-16(12(2)22-11)18(24)21-10-14(17(20)23)9-13-4-6-15(19)7-5-13/h3-8,14H,9-10H2,1-2H3,(H2,20,23)(H,21,24). The lowest BCUT2D eigenvalue weighted by atomic mass is 9.98. The highest BCUT2D eigenvalue weighted by Crippen LogP contribution is 2.11. The largest absolute Gasteiger partial charge is 0.369 e. The maximum atomic E-state index is 12.9. The summed E-state index contributed by atoms with van der Waals surface area (Å²) >= 11 is 0. The molecule has 1 aromatic carbocycles. The second-order valence-corrected chi connectivity index (χ2v) is 5.73. The minimum atomic E-state index is -0.571. The first-order chi connectivity index (χ1) is 11.4. The van der Waals surface area contributed by atoms with E-state index in [4.69, 9.17) is 5.73 Å². The van der Waals surface area contributed by atoms with E-state index in [2.05, 4.69) is 10.3 Å². The number of halogens is 1. The van der Waals surface area contributed by atoms with E-state index in [9.17, 15) is 14.0 Å². The summed E-state index contributed by atoms with van der Waals surface area (Å²) in [6.45, 7) is 3.71. The number of nitrogens with one attached hydrogen (secondary N) is 1. The molecule has 0 saturated carbocycles. The molecular formula is C18H20FN3O2. The van der Waals surface area contributed by atoms with Gasteiger partial charge in [-0.1, -0.05) is 12.1 Å². The van der Waals surface area contributed by atoms with E-state index in [0.29, 0.717) is 17.7 Å². The summed E-state index contributed by atoms with van der Waals surface area (Å²) in [6, 6.07) is 9.31. The van der Waals surface area contributed by atoms with E-state index >= 15 is 0 Å². The van der Waals surface area contributed by atoms with Gasteiger partial charge < -0.3 is 11.1 Å². The average Bonchev–Trinajstić information content (AvgIpc) is 2.52. The molecule has 126 valence electrons. The molecule has 1 unspecified atom stereocenters. The van der Waals surface area contributed by atoms with Crippen LogP contribution >= 0.6 is 0 Å². The van der Waals surface area contributed by atoms with Gasteiger partial charge in [0.15, 0.2) is 0 Å². The van der Waals surface area contributed by atoms with Gasteiger partial charge in [-0.05, 0) is 50.1 Å². The maximum Gasteiger partial charge on any atom is 0.253 e. The van der Waals surface area contributed by atoms with Crippen LogP contribution in [0.1, 0.15) is 27.3 Å². The second kappa shape index (κ2) is 7.68. The molecule has 6 heteroatoms. The lowest BCUT2D eigenvalue weighted by molar-refractivity contribution is -0.121. The van der Waals surface area contributed by atoms with Gasteiger partial charge >= 0.3 is 0 Å². The second-order valence-electron chi connectivity index (χ2n) is 5.73. The zero-order chi connectivity index (χ0) is 17.7. The van der Waals surface area contributed by atoms with Crippen molar-refractivity contribution in [2.45, 2.75) is 20.3 Å². The fourth-order valence-electron chi connectivity index (χ4n) is 2.42. The average molecular weight is 329 g/mol. The summed E-state index contributed by atoms with van der Waals surface area (Å²) in [5, 5.41) is 2.72. The molecule has 0 bridgehead atoms. The molecule has 3 N–H and O–H groups in total. The van der Waals surface area contributed by atoms with Crippen molar-refractivity contribution in [3.8, 4) is 0 Å². The Kier molecular flexibility index (Phi) is 5.63. The highest BCUT2D eigenvalue weighted by atomic mass is 19.1. The van der Waals surface area contributed by atoms with Crippen LogP contribution in [0.5, 0.6) is 0 Å². The third-order valence-corrected chi connectivity index (χ3v) is 3.78. The first-order valence-electron chi connectivity index (χ1n) is 7.63. The summed E-state index contributed by atoms with van der Waals surface area (Å²) in [7, 11) is 0. The van der Waals surface area contributed by atoms with Gasteiger partial charge in [-0.25, -0.2) is 4.39 Å². The molecule has 2 aromatic rings. The van der Waals surface area contributed by atoms with Crippen LogP contribution < -0.4 is 11.1 Å². The summed E-state index contributed by atoms with van der Waals surface area (Å²) in [4.78, 5) is 28.1. The number of aromatic nitrogens is 1. The van der Waals surface area contributed by atoms with Gasteiger partial charge in [0, 0.05) is 12.2 Å². The Bertz CT molecular complexity index is 744. The quantitative estimate of drug-likeness (QED) is 0.849. The Labute approximate surface area is 140 Å². The number of benzene rings is 1. The van der Waals surface area contributed by atoms with Crippen LogP contribution in [0.3, 0.4) is 0 Å². The molecule has 2 rings (SSSR count). The summed E-state index contributed by atoms with van der Waals surface area (Å²) < 4.78 is 12.9. The SMILES string of the molecule is Cc1ccc(C(=O)NCC(Cc2ccc(F)cc2)C(N)=O)c(C)n1. The first-order valence-corrected chi connectivity index (χ1v) is 7.63. The van der Waals surface area contributed by atoms with Crippen molar-refractivity contribution in [2.24, 2.45) is 11.7 Å². The van der Waals surface area contributed by atoms with Crippen molar-refractivity contribution >= 4 is 11.8 Å². The van der Waals surface area contributed by atoms with E-state index in [-0.39, 0.29) is 18.3 Å². The van der Waals surface area contributed by atoms with Crippen LogP contribution in [0.15, 0.2) is 36.4 Å². The van der Waals surface area contributed by atoms with E-state index in [0.717, 1.165) is 11.3 Å². The van der Waals surface area contributed by atoms with Crippen LogP contribution in [0.2, 0.25) is 0 Å². The molecule has 0 aliphatic rings. The number of carbonyl (C=O) groups excluding carboxylic acids is 2. The van der Waals surface area contributed by atoms with E-state index in [1.807, 2.05) is 6.92 Å². The Morgan fingerprint density at radius 1 is 1.17 bits per heavy atom. The number of hydrogen-bond donors (Lipinski definition) is 2. The number of pyridine rings is 1. The van der Waals surface area contributed by atoms with Crippen molar-refractivity contribution in [3.05, 3.63) is 64.7 Å². The van der Waals surface area contributed by atoms with Crippen molar-refractivity contribution in [2.75, 3.05) is 6.54 Å². The monoisotopic (exact) mass is 329 g/mol. The van der Waals surface area contributed by atoms with Gasteiger partial charge in [0.25, 0.3) is 5.91 Å². The molecule has 24 heavy (non-hydrogen) atoms. The Balaban J connectivity index is 2.01. The van der Waals surface area contributed by atoms with Crippen molar-refractivity contribution in [3.63, 3.8) is 0 Å². The van der Waals surface area contributed by atoms with Crippen molar-refractivity contribution < 1.29 is 14.0 Å². The van der Waals surface area contributed by atoms with Gasteiger partial charge in [-0.2, -0.15) is 0 Å². The van der Waals surface area contributed by atoms with Gasteiger partial charge in [-0.15, -0.1) is 0 Å². The van der Waals surface area contributed by atoms with E-state index in [1.165, 1.54) is 12.1 Å². The molecule has 0 saturated heterocycles. The normalized spacial score (nSPS) is 11.8. The van der Waals surface area contributed by atoms with Gasteiger partial charge in [-0.3, -0.25) is 14.6 Å². The molecule has 1 heterocycles. The number of hydrogen-bond acceptors (Lipinski definition) is 3. The topological polar surface area (TPSA) is 85.1 Å². The maximum absolute atomic E-state index is 12.9. The van der Waals surface area contributed by atoms with Crippen LogP contribution in [0.4, 0.5) is 4.39 Å². The van der Waals surface area contributed by atoms with E-state index < -0.39 is 11.8 Å². The third-order valence-electron chi connectivity index (χ3n) is 3.78. The Morgan fingerprint density at radius 2 is 1.83 bits per heavy atom. The van der Waals surface area contributed by atoms with Gasteiger partial charge in [0.1, 0.15) is 5.82 Å². The van der Waals surface area contributed by atoms with Gasteiger partial charge in [0.05, 0.1) is 17.2 Å². The predicted molar refractivity (Wildman–Crippen MR) is 88.8 cm³/mol. The first kappa shape index (κ1) is 17.6. The zero-order valence-corrected chi connectivity index (χ0v) is 13.7. The van der Waals surface area contributed by atoms with Crippen LogP contribution in [-0.2, 0) is 11.2 Å². The van der Waals surface area contributed by atoms with Gasteiger partial charge in [0.2, 0.25) is 5.91 Å². The number of amides is 2. The Morgan fingerprint density at radius 3 is 2.42 bits per heavy atom. The molecule has 5 nitrogen and oxygen atoms in total. The number of carbonyl (C=O) groups is 2. The Hall–Kier alpha value is -2.76. The van der Waals surface area contributed by atoms with Crippen LogP contribution in [-0.4, -0.2) is 23.3 Å². The van der Waals surface area contributed by atoms with Crippen molar-refractivity contribution in [1.82, 2.24) is 10.3 Å². The highest BCUT2D eigenvalue weighted by molar-refractivity contribution is 5.95. The molecule has 2 amide bonds. The lowest BCUT2D eigenvalue weighted by Gasteiger charge is -2.15. The summed E-state index contributed by atoms with van der Waals surface area (Å²) in [6.07, 6.45) is 0.334. The predicted octanol–water partition coefficient (Wildman–Crippen LogP) is 1.91. The lowest BCUT2D eigenvalue weighted by Crippen LogP contribution is -2.37. The minimum absolute atomic E-state index is 0.110. The fraction of sp³-hybridized carbons (Fsp3) is 0.278. The number of aryl methyl sites for hydroxylation is 2. The number of nitrogens with two attached hydrogens (primary N) is 1. The minimum Gasteiger partial charge on any atom is -0.369 e. The van der Waals surface area contributed by atoms with E-state index in [1.54, 1.807) is 31.2 Å². The van der Waals surface area contributed by atoms with Crippen LogP contribution in [0, 0.1) is 25.6 Å². The molecule has 1 aromatic heterocycles. The number of nitrogens with zero attached hydrogens (tertiary/aromatic N) is 1. The van der Waals surface area contributed by atoms with Crippen LogP contribution in [0.25, 0.3) is 0 Å². The molecule has 0 fully saturated rings. The highest BCUT2D eigenvalue weighted by Gasteiger charge is 2.18. The zero-order valence-electron chi connectivity index (χ0n) is 13.7. The number of rotatable bonds is 6. The smallest absolute Gasteiger partial charge is 0.253 e. The molecule has 0 radical (unpaired) electrons.